The van der Waals surface area contributed by atoms with Gasteiger partial charge in [-0.05, 0) is 41.3 Å². The third-order valence-corrected chi connectivity index (χ3v) is 5.57. The van der Waals surface area contributed by atoms with Crippen molar-refractivity contribution in [2.45, 2.75) is 12.5 Å². The first-order chi connectivity index (χ1) is 15.2. The van der Waals surface area contributed by atoms with E-state index in [1.54, 1.807) is 6.26 Å². The van der Waals surface area contributed by atoms with Gasteiger partial charge in [0.15, 0.2) is 6.61 Å². The molecule has 0 spiro atoms. The number of benzene rings is 3. The highest BCUT2D eigenvalue weighted by Crippen LogP contribution is 2.33. The number of carbonyl (C=O) groups excluding carboxylic acids is 1. The van der Waals surface area contributed by atoms with Crippen LogP contribution in [0.5, 0.6) is 5.75 Å². The Morgan fingerprint density at radius 3 is 2.65 bits per heavy atom. The molecule has 1 atom stereocenters. The second-order valence-corrected chi connectivity index (χ2v) is 7.73. The number of amides is 1. The first-order valence-corrected chi connectivity index (χ1v) is 10.4. The number of ether oxygens (including phenoxy) is 1. The van der Waals surface area contributed by atoms with Crippen molar-refractivity contribution in [2.24, 2.45) is 5.10 Å². The van der Waals surface area contributed by atoms with E-state index in [0.717, 1.165) is 22.0 Å². The van der Waals surface area contributed by atoms with Crippen LogP contribution in [0.3, 0.4) is 0 Å². The first kappa shape index (κ1) is 19.4. The summed E-state index contributed by atoms with van der Waals surface area (Å²) < 4.78 is 11.5. The van der Waals surface area contributed by atoms with E-state index in [4.69, 9.17) is 20.8 Å². The Hall–Kier alpha value is -3.57. The monoisotopic (exact) mass is 430 g/mol. The van der Waals surface area contributed by atoms with E-state index in [1.165, 1.54) is 5.01 Å². The van der Waals surface area contributed by atoms with E-state index >= 15 is 0 Å². The van der Waals surface area contributed by atoms with Crippen LogP contribution in [0.25, 0.3) is 10.8 Å². The Morgan fingerprint density at radius 1 is 1.03 bits per heavy atom. The van der Waals surface area contributed by atoms with E-state index in [0.29, 0.717) is 23.0 Å². The van der Waals surface area contributed by atoms with Gasteiger partial charge in [0, 0.05) is 16.8 Å². The smallest absolute Gasteiger partial charge is 0.281 e. The summed E-state index contributed by atoms with van der Waals surface area (Å²) in [6, 6.07) is 24.5. The van der Waals surface area contributed by atoms with Crippen molar-refractivity contribution >= 4 is 34.0 Å². The molecule has 3 aromatic carbocycles. The number of furan rings is 1. The highest BCUT2D eigenvalue weighted by molar-refractivity contribution is 6.30. The van der Waals surface area contributed by atoms with Crippen molar-refractivity contribution in [3.05, 3.63) is 101 Å². The summed E-state index contributed by atoms with van der Waals surface area (Å²) in [5.41, 5.74) is 1.72. The van der Waals surface area contributed by atoms with E-state index in [-0.39, 0.29) is 18.6 Å². The zero-order valence-electron chi connectivity index (χ0n) is 16.6. The molecule has 154 valence electrons. The number of hydrogen-bond acceptors (Lipinski definition) is 4. The predicted molar refractivity (Wildman–Crippen MR) is 120 cm³/mol. The summed E-state index contributed by atoms with van der Waals surface area (Å²) >= 11 is 6.01. The SMILES string of the molecule is O=C(COc1cccc2ccccc12)N1N=C(c2ccc(Cl)cc2)C[C@@H]1c1ccco1. The highest BCUT2D eigenvalue weighted by atomic mass is 35.5. The van der Waals surface area contributed by atoms with Gasteiger partial charge in [-0.25, -0.2) is 5.01 Å². The lowest BCUT2D eigenvalue weighted by Gasteiger charge is -2.20. The molecule has 0 saturated carbocycles. The lowest BCUT2D eigenvalue weighted by atomic mass is 10.0. The summed E-state index contributed by atoms with van der Waals surface area (Å²) in [5, 5.41) is 8.76. The molecule has 0 fully saturated rings. The van der Waals surface area contributed by atoms with Gasteiger partial charge in [-0.1, -0.05) is 60.1 Å². The first-order valence-electron chi connectivity index (χ1n) is 9.98. The van der Waals surface area contributed by atoms with E-state index < -0.39 is 0 Å². The molecule has 6 heteroatoms. The molecule has 4 aromatic rings. The highest BCUT2D eigenvalue weighted by Gasteiger charge is 2.35. The zero-order valence-corrected chi connectivity index (χ0v) is 17.3. The fourth-order valence-corrected chi connectivity index (χ4v) is 3.91. The van der Waals surface area contributed by atoms with Gasteiger partial charge in [-0.3, -0.25) is 4.79 Å². The van der Waals surface area contributed by atoms with Gasteiger partial charge in [-0.2, -0.15) is 5.10 Å². The summed E-state index contributed by atoms with van der Waals surface area (Å²) in [7, 11) is 0. The number of fused-ring (bicyclic) bond motifs is 1. The van der Waals surface area contributed by atoms with Gasteiger partial charge >= 0.3 is 0 Å². The predicted octanol–water partition coefficient (Wildman–Crippen LogP) is 5.84. The van der Waals surface area contributed by atoms with Crippen molar-refractivity contribution in [1.29, 1.82) is 0 Å². The topological polar surface area (TPSA) is 55.0 Å². The maximum atomic E-state index is 13.1. The minimum absolute atomic E-state index is 0.122. The zero-order chi connectivity index (χ0) is 21.2. The maximum Gasteiger partial charge on any atom is 0.281 e. The molecule has 1 aliphatic rings. The van der Waals surface area contributed by atoms with Gasteiger partial charge in [0.05, 0.1) is 12.0 Å². The van der Waals surface area contributed by atoms with Crippen molar-refractivity contribution in [2.75, 3.05) is 6.61 Å². The number of nitrogens with zero attached hydrogens (tertiary/aromatic N) is 2. The van der Waals surface area contributed by atoms with Crippen LogP contribution in [0.1, 0.15) is 23.8 Å². The molecule has 1 aliphatic heterocycles. The molecule has 0 bridgehead atoms. The number of hydrazone groups is 1. The van der Waals surface area contributed by atoms with Gasteiger partial charge in [0.1, 0.15) is 17.6 Å². The molecule has 0 N–H and O–H groups in total. The molecule has 5 nitrogen and oxygen atoms in total. The van der Waals surface area contributed by atoms with Crippen LogP contribution in [0.15, 0.2) is 94.6 Å². The van der Waals surface area contributed by atoms with Crippen molar-refractivity contribution in [3.63, 3.8) is 0 Å². The largest absolute Gasteiger partial charge is 0.483 e. The van der Waals surface area contributed by atoms with Gasteiger partial charge in [-0.15, -0.1) is 0 Å². The maximum absolute atomic E-state index is 13.1. The van der Waals surface area contributed by atoms with E-state index in [9.17, 15) is 4.79 Å². The average Bonchev–Trinajstić information content (AvgIpc) is 3.48. The molecule has 0 saturated heterocycles. The fourth-order valence-electron chi connectivity index (χ4n) is 3.79. The quantitative estimate of drug-likeness (QED) is 0.399. The third kappa shape index (κ3) is 3.92. The molecular formula is C25H19ClN2O3. The molecule has 1 amide bonds. The number of carbonyl (C=O) groups is 1. The fraction of sp³-hybridized carbons (Fsp3) is 0.120. The molecule has 0 radical (unpaired) electrons. The Bertz CT molecular complexity index is 1240. The molecular weight excluding hydrogens is 412 g/mol. The number of halogens is 1. The van der Waals surface area contributed by atoms with Crippen LogP contribution in [-0.2, 0) is 4.79 Å². The Labute approximate surface area is 184 Å². The lowest BCUT2D eigenvalue weighted by molar-refractivity contribution is -0.135. The Morgan fingerprint density at radius 2 is 1.84 bits per heavy atom. The number of rotatable bonds is 5. The Kier molecular flexibility index (Phi) is 5.18. The minimum Gasteiger partial charge on any atom is -0.483 e. The second-order valence-electron chi connectivity index (χ2n) is 7.29. The van der Waals surface area contributed by atoms with Crippen LogP contribution < -0.4 is 4.74 Å². The van der Waals surface area contributed by atoms with Gasteiger partial charge in [0.2, 0.25) is 0 Å². The summed E-state index contributed by atoms with van der Waals surface area (Å²) in [4.78, 5) is 13.1. The minimum atomic E-state index is -0.315. The second kappa shape index (κ2) is 8.28. The van der Waals surface area contributed by atoms with E-state index in [2.05, 4.69) is 5.10 Å². The number of hydrogen-bond donors (Lipinski definition) is 0. The Balaban J connectivity index is 1.39. The summed E-state index contributed by atoms with van der Waals surface area (Å²) in [5.74, 6) is 1.12. The molecule has 0 aliphatic carbocycles. The van der Waals surface area contributed by atoms with Gasteiger partial charge in [0.25, 0.3) is 5.91 Å². The van der Waals surface area contributed by atoms with Crippen LogP contribution >= 0.6 is 11.6 Å². The van der Waals surface area contributed by atoms with Crippen LogP contribution in [0.4, 0.5) is 0 Å². The summed E-state index contributed by atoms with van der Waals surface area (Å²) in [6.45, 7) is -0.122. The lowest BCUT2D eigenvalue weighted by Crippen LogP contribution is -2.31. The molecule has 2 heterocycles. The average molecular weight is 431 g/mol. The molecule has 1 aromatic heterocycles. The van der Waals surface area contributed by atoms with E-state index in [1.807, 2.05) is 78.9 Å². The third-order valence-electron chi connectivity index (χ3n) is 5.32. The van der Waals surface area contributed by atoms with Crippen molar-refractivity contribution in [3.8, 4) is 5.75 Å². The van der Waals surface area contributed by atoms with Crippen molar-refractivity contribution in [1.82, 2.24) is 5.01 Å². The van der Waals surface area contributed by atoms with Crippen LogP contribution in [0, 0.1) is 0 Å². The molecule has 0 unspecified atom stereocenters. The molecule has 5 rings (SSSR count). The summed E-state index contributed by atoms with van der Waals surface area (Å²) in [6.07, 6.45) is 2.15. The molecule has 31 heavy (non-hydrogen) atoms. The van der Waals surface area contributed by atoms with Crippen LogP contribution in [0.2, 0.25) is 5.02 Å². The van der Waals surface area contributed by atoms with Crippen molar-refractivity contribution < 1.29 is 13.9 Å². The standard InChI is InChI=1S/C25H19ClN2O3/c26-19-12-10-18(11-13-19)21-15-22(24-9-4-14-30-24)28(27-21)25(29)16-31-23-8-3-6-17-5-1-2-7-20(17)23/h1-14,22H,15-16H2/t22-/m1/s1. The normalized spacial score (nSPS) is 15.8. The van der Waals surface area contributed by atoms with Crippen LogP contribution in [-0.4, -0.2) is 23.2 Å². The van der Waals surface area contributed by atoms with Gasteiger partial charge < -0.3 is 9.15 Å².